The van der Waals surface area contributed by atoms with Crippen LogP contribution in [0.1, 0.15) is 16.7 Å². The molecule has 1 aliphatic heterocycles. The van der Waals surface area contributed by atoms with Crippen molar-refractivity contribution in [1.29, 1.82) is 0 Å². The Labute approximate surface area is 222 Å². The molecule has 5 rings (SSSR count). The van der Waals surface area contributed by atoms with Gasteiger partial charge in [-0.25, -0.2) is 4.99 Å². The zero-order valence-electron chi connectivity index (χ0n) is 19.7. The number of hydrogen-bond acceptors (Lipinski definition) is 5. The zero-order chi connectivity index (χ0) is 25.1. The summed E-state index contributed by atoms with van der Waals surface area (Å²) in [6.07, 6.45) is 1.82. The molecule has 1 saturated heterocycles. The van der Waals surface area contributed by atoms with Crippen molar-refractivity contribution < 1.29 is 14.3 Å². The van der Waals surface area contributed by atoms with Crippen molar-refractivity contribution in [2.45, 2.75) is 13.5 Å². The van der Waals surface area contributed by atoms with Gasteiger partial charge in [0.25, 0.3) is 5.91 Å². The smallest absolute Gasteiger partial charge is 0.264 e. The van der Waals surface area contributed by atoms with Crippen LogP contribution >= 0.6 is 27.7 Å². The number of aryl methyl sites for hydroxylation is 1. The third-order valence-electron chi connectivity index (χ3n) is 5.75. The van der Waals surface area contributed by atoms with Crippen molar-refractivity contribution in [3.63, 3.8) is 0 Å². The summed E-state index contributed by atoms with van der Waals surface area (Å²) < 4.78 is 12.6. The number of carbonyl (C=O) groups is 1. The van der Waals surface area contributed by atoms with E-state index >= 15 is 0 Å². The molecule has 0 saturated carbocycles. The number of thioether (sulfide) groups is 1. The zero-order valence-corrected chi connectivity index (χ0v) is 22.2. The molecule has 0 spiro atoms. The van der Waals surface area contributed by atoms with Crippen LogP contribution in [0.4, 0.5) is 5.69 Å². The van der Waals surface area contributed by atoms with Crippen LogP contribution in [0, 0.1) is 6.92 Å². The highest BCUT2D eigenvalue weighted by Crippen LogP contribution is 2.37. The van der Waals surface area contributed by atoms with Crippen molar-refractivity contribution in [3.8, 4) is 11.5 Å². The quantitative estimate of drug-likeness (QED) is 0.250. The van der Waals surface area contributed by atoms with Crippen molar-refractivity contribution in [2.75, 3.05) is 7.11 Å². The number of nitrogens with zero attached hydrogens (tertiary/aromatic N) is 1. The number of halogens is 1. The highest BCUT2D eigenvalue weighted by atomic mass is 79.9. The lowest BCUT2D eigenvalue weighted by atomic mass is 10.1. The van der Waals surface area contributed by atoms with Crippen LogP contribution in [0.2, 0.25) is 0 Å². The molecular weight excluding hydrogens is 536 g/mol. The minimum Gasteiger partial charge on any atom is -0.493 e. The van der Waals surface area contributed by atoms with Crippen LogP contribution in [-0.2, 0) is 11.4 Å². The Bertz CT molecular complexity index is 1510. The third-order valence-corrected chi connectivity index (χ3v) is 7.34. The average molecular weight is 559 g/mol. The molecule has 1 amide bonds. The van der Waals surface area contributed by atoms with Crippen molar-refractivity contribution in [2.24, 2.45) is 4.99 Å². The van der Waals surface area contributed by atoms with E-state index in [-0.39, 0.29) is 5.91 Å². The number of amides is 1. The Kier molecular flexibility index (Phi) is 7.11. The van der Waals surface area contributed by atoms with Gasteiger partial charge in [0.05, 0.1) is 17.7 Å². The van der Waals surface area contributed by atoms with Gasteiger partial charge in [0, 0.05) is 4.47 Å². The molecule has 0 aromatic heterocycles. The minimum absolute atomic E-state index is 0.187. The van der Waals surface area contributed by atoms with Crippen LogP contribution in [0.25, 0.3) is 16.8 Å². The molecule has 36 heavy (non-hydrogen) atoms. The van der Waals surface area contributed by atoms with Gasteiger partial charge >= 0.3 is 0 Å². The average Bonchev–Trinajstić information content (AvgIpc) is 3.23. The molecule has 1 heterocycles. The lowest BCUT2D eigenvalue weighted by Crippen LogP contribution is -2.19. The predicted octanol–water partition coefficient (Wildman–Crippen LogP) is 7.39. The standard InChI is InChI=1S/C29H23BrN2O3S/c1-18-10-12-22(13-11-18)31-29-32-28(33)27(36-29)15-21-14-25(34-2)26(16-24(21)30)35-17-20-8-5-7-19-6-3-4-9-23(19)20/h3-16H,17H2,1-2H3,(H,31,32,33)/b27-15+. The molecule has 180 valence electrons. The summed E-state index contributed by atoms with van der Waals surface area (Å²) in [5.41, 5.74) is 3.85. The Hall–Kier alpha value is -3.55. The SMILES string of the molecule is COc1cc(/C=C2/SC(=Nc3ccc(C)cc3)NC2=O)c(Br)cc1OCc1cccc2ccccc12. The van der Waals surface area contributed by atoms with E-state index in [1.54, 1.807) is 7.11 Å². The van der Waals surface area contributed by atoms with Crippen LogP contribution in [0.3, 0.4) is 0 Å². The number of amidine groups is 1. The monoisotopic (exact) mass is 558 g/mol. The van der Waals surface area contributed by atoms with Crippen molar-refractivity contribution >= 4 is 61.3 Å². The van der Waals surface area contributed by atoms with Crippen LogP contribution < -0.4 is 14.8 Å². The van der Waals surface area contributed by atoms with Gasteiger partial charge in [0.15, 0.2) is 16.7 Å². The lowest BCUT2D eigenvalue weighted by Gasteiger charge is -2.14. The number of benzene rings is 4. The fourth-order valence-electron chi connectivity index (χ4n) is 3.87. The van der Waals surface area contributed by atoms with Gasteiger partial charge in [-0.05, 0) is 70.9 Å². The van der Waals surface area contributed by atoms with E-state index in [4.69, 9.17) is 9.47 Å². The fraction of sp³-hybridized carbons (Fsp3) is 0.103. The van der Waals surface area contributed by atoms with Crippen molar-refractivity contribution in [3.05, 3.63) is 105 Å². The maximum absolute atomic E-state index is 12.6. The summed E-state index contributed by atoms with van der Waals surface area (Å²) in [4.78, 5) is 17.7. The summed E-state index contributed by atoms with van der Waals surface area (Å²) in [6, 6.07) is 26.0. The summed E-state index contributed by atoms with van der Waals surface area (Å²) in [5.74, 6) is 1.01. The molecule has 1 fully saturated rings. The number of methoxy groups -OCH3 is 1. The van der Waals surface area contributed by atoms with Gasteiger partial charge in [-0.1, -0.05) is 76.1 Å². The van der Waals surface area contributed by atoms with Gasteiger partial charge in [0.2, 0.25) is 0 Å². The number of aliphatic imine (C=N–C) groups is 1. The number of fused-ring (bicyclic) bond motifs is 1. The van der Waals surface area contributed by atoms with Crippen LogP contribution in [-0.4, -0.2) is 18.2 Å². The second-order valence-corrected chi connectivity index (χ2v) is 10.2. The van der Waals surface area contributed by atoms with Gasteiger partial charge in [0.1, 0.15) is 6.61 Å². The first-order valence-electron chi connectivity index (χ1n) is 11.3. The molecule has 1 N–H and O–H groups in total. The molecule has 0 unspecified atom stereocenters. The number of hydrogen-bond donors (Lipinski definition) is 1. The first-order valence-corrected chi connectivity index (χ1v) is 12.9. The molecule has 1 aliphatic rings. The second-order valence-electron chi connectivity index (χ2n) is 8.27. The summed E-state index contributed by atoms with van der Waals surface area (Å²) >= 11 is 4.93. The van der Waals surface area contributed by atoms with E-state index in [0.717, 1.165) is 32.2 Å². The number of nitrogens with one attached hydrogen (secondary N) is 1. The molecule has 0 bridgehead atoms. The van der Waals surface area contributed by atoms with Crippen molar-refractivity contribution in [1.82, 2.24) is 5.32 Å². The normalized spacial score (nSPS) is 15.5. The molecular formula is C29H23BrN2O3S. The van der Waals surface area contributed by atoms with E-state index in [0.29, 0.717) is 28.2 Å². The first-order chi connectivity index (χ1) is 17.5. The number of carbonyl (C=O) groups excluding carboxylic acids is 1. The molecule has 4 aromatic carbocycles. The van der Waals surface area contributed by atoms with E-state index in [1.807, 2.05) is 67.6 Å². The topological polar surface area (TPSA) is 59.9 Å². The minimum atomic E-state index is -0.187. The van der Waals surface area contributed by atoms with E-state index in [2.05, 4.69) is 50.5 Å². The summed E-state index contributed by atoms with van der Waals surface area (Å²) in [5, 5.41) is 5.72. The second kappa shape index (κ2) is 10.6. The van der Waals surface area contributed by atoms with Gasteiger partial charge in [-0.15, -0.1) is 0 Å². The molecule has 4 aromatic rings. The molecule has 0 aliphatic carbocycles. The fourth-order valence-corrected chi connectivity index (χ4v) is 5.14. The lowest BCUT2D eigenvalue weighted by molar-refractivity contribution is -0.115. The number of ether oxygens (including phenoxy) is 2. The maximum atomic E-state index is 12.6. The highest BCUT2D eigenvalue weighted by Gasteiger charge is 2.24. The summed E-state index contributed by atoms with van der Waals surface area (Å²) in [6.45, 7) is 2.43. The Morgan fingerprint density at radius 1 is 1.00 bits per heavy atom. The van der Waals surface area contributed by atoms with E-state index in [9.17, 15) is 4.79 Å². The van der Waals surface area contributed by atoms with E-state index < -0.39 is 0 Å². The highest BCUT2D eigenvalue weighted by molar-refractivity contribution is 9.10. The molecule has 0 radical (unpaired) electrons. The van der Waals surface area contributed by atoms with Gasteiger partial charge < -0.3 is 14.8 Å². The van der Waals surface area contributed by atoms with E-state index in [1.165, 1.54) is 17.1 Å². The molecule has 0 atom stereocenters. The molecule has 7 heteroatoms. The summed E-state index contributed by atoms with van der Waals surface area (Å²) in [7, 11) is 1.61. The first kappa shape index (κ1) is 24.2. The predicted molar refractivity (Wildman–Crippen MR) is 151 cm³/mol. The van der Waals surface area contributed by atoms with Gasteiger partial charge in [-0.2, -0.15) is 0 Å². The number of rotatable bonds is 6. The third kappa shape index (κ3) is 5.32. The maximum Gasteiger partial charge on any atom is 0.264 e. The molecule has 5 nitrogen and oxygen atoms in total. The van der Waals surface area contributed by atoms with Crippen LogP contribution in [0.15, 0.2) is 93.2 Å². The van der Waals surface area contributed by atoms with Gasteiger partial charge in [-0.3, -0.25) is 4.79 Å². The van der Waals surface area contributed by atoms with Crippen LogP contribution in [0.5, 0.6) is 11.5 Å². The largest absolute Gasteiger partial charge is 0.493 e. The Morgan fingerprint density at radius 3 is 2.58 bits per heavy atom. The Morgan fingerprint density at radius 2 is 1.78 bits per heavy atom. The Balaban J connectivity index is 1.36.